The summed E-state index contributed by atoms with van der Waals surface area (Å²) in [5, 5.41) is 12.5. The van der Waals surface area contributed by atoms with E-state index in [-0.39, 0.29) is 22.8 Å². The van der Waals surface area contributed by atoms with E-state index in [1.165, 1.54) is 31.3 Å². The third kappa shape index (κ3) is 2.87. The van der Waals surface area contributed by atoms with Crippen LogP contribution in [0.15, 0.2) is 18.5 Å². The first-order valence-electron chi connectivity index (χ1n) is 6.64. The van der Waals surface area contributed by atoms with E-state index < -0.39 is 0 Å². The minimum atomic E-state index is -0.243. The first-order valence-corrected chi connectivity index (χ1v) is 6.64. The van der Waals surface area contributed by atoms with Gasteiger partial charge >= 0.3 is 0 Å². The van der Waals surface area contributed by atoms with Crippen molar-refractivity contribution in [1.29, 1.82) is 0 Å². The lowest BCUT2D eigenvalue weighted by atomic mass is 9.96. The second kappa shape index (κ2) is 5.57. The zero-order chi connectivity index (χ0) is 13.9. The quantitative estimate of drug-likeness (QED) is 0.861. The molecule has 5 heteroatoms. The molecule has 0 radical (unpaired) electrons. The number of aromatic nitrogens is 1. The van der Waals surface area contributed by atoms with Gasteiger partial charge in [-0.1, -0.05) is 12.8 Å². The Labute approximate surface area is 113 Å². The van der Waals surface area contributed by atoms with Crippen LogP contribution in [-0.2, 0) is 0 Å². The highest BCUT2D eigenvalue weighted by molar-refractivity contribution is 5.96. The van der Waals surface area contributed by atoms with Crippen LogP contribution >= 0.6 is 0 Å². The second-order valence-corrected chi connectivity index (χ2v) is 5.40. The summed E-state index contributed by atoms with van der Waals surface area (Å²) in [4.78, 5) is 18.0. The number of pyridine rings is 1. The van der Waals surface area contributed by atoms with Crippen molar-refractivity contribution in [1.82, 2.24) is 15.2 Å². The molecule has 1 fully saturated rings. The Kier molecular flexibility index (Phi) is 4.04. The molecule has 104 valence electrons. The molecule has 1 heterocycles. The van der Waals surface area contributed by atoms with Crippen LogP contribution in [-0.4, -0.2) is 47.1 Å². The lowest BCUT2D eigenvalue weighted by molar-refractivity contribution is 0.0897. The van der Waals surface area contributed by atoms with Gasteiger partial charge in [0.15, 0.2) is 0 Å². The zero-order valence-corrected chi connectivity index (χ0v) is 11.5. The highest BCUT2D eigenvalue weighted by Gasteiger charge is 2.36. The van der Waals surface area contributed by atoms with E-state index in [2.05, 4.69) is 29.3 Å². The van der Waals surface area contributed by atoms with E-state index in [0.29, 0.717) is 6.54 Å². The average molecular weight is 263 g/mol. The molecule has 0 spiro atoms. The number of hydrogen-bond acceptors (Lipinski definition) is 4. The Morgan fingerprint density at radius 2 is 2.16 bits per heavy atom. The summed E-state index contributed by atoms with van der Waals surface area (Å²) in [5.41, 5.74) is 0.333. The fourth-order valence-corrected chi connectivity index (χ4v) is 2.73. The molecule has 0 aromatic carbocycles. The van der Waals surface area contributed by atoms with Gasteiger partial charge in [-0.2, -0.15) is 0 Å². The highest BCUT2D eigenvalue weighted by Crippen LogP contribution is 2.33. The minimum absolute atomic E-state index is 0.0539. The van der Waals surface area contributed by atoms with Crippen LogP contribution in [0, 0.1) is 0 Å². The van der Waals surface area contributed by atoms with Crippen molar-refractivity contribution >= 4 is 5.91 Å². The number of hydrogen-bond donors (Lipinski definition) is 2. The van der Waals surface area contributed by atoms with Crippen LogP contribution in [0.2, 0.25) is 0 Å². The first kappa shape index (κ1) is 13.8. The number of nitrogens with zero attached hydrogens (tertiary/aromatic N) is 2. The van der Waals surface area contributed by atoms with Crippen molar-refractivity contribution in [3.8, 4) is 5.75 Å². The Hall–Kier alpha value is -1.62. The smallest absolute Gasteiger partial charge is 0.255 e. The van der Waals surface area contributed by atoms with Gasteiger partial charge in [0.2, 0.25) is 0 Å². The van der Waals surface area contributed by atoms with Gasteiger partial charge < -0.3 is 15.3 Å². The van der Waals surface area contributed by atoms with Gasteiger partial charge in [0.05, 0.1) is 11.8 Å². The predicted octanol–water partition coefficient (Wildman–Crippen LogP) is 1.39. The normalized spacial score (nSPS) is 17.6. The van der Waals surface area contributed by atoms with Crippen LogP contribution in [0.4, 0.5) is 0 Å². The molecular formula is C14H21N3O2. The van der Waals surface area contributed by atoms with Crippen molar-refractivity contribution in [3.05, 3.63) is 24.0 Å². The standard InChI is InChI=1S/C14H21N3O2/c1-17(2)14(6-3-4-7-14)10-16-13(19)11-5-8-15-9-12(11)18/h5,8-9,18H,3-4,6-7,10H2,1-2H3,(H,16,19). The lowest BCUT2D eigenvalue weighted by Gasteiger charge is -2.36. The molecule has 1 saturated carbocycles. The van der Waals surface area contributed by atoms with Crippen molar-refractivity contribution in [2.75, 3.05) is 20.6 Å². The van der Waals surface area contributed by atoms with Crippen LogP contribution in [0.3, 0.4) is 0 Å². The Morgan fingerprint density at radius 1 is 1.47 bits per heavy atom. The average Bonchev–Trinajstić information content (AvgIpc) is 2.86. The molecule has 2 rings (SSSR count). The van der Waals surface area contributed by atoms with E-state index in [9.17, 15) is 9.90 Å². The number of rotatable bonds is 4. The number of likely N-dealkylation sites (N-methyl/N-ethyl adjacent to an activating group) is 1. The first-order chi connectivity index (χ1) is 9.05. The second-order valence-electron chi connectivity index (χ2n) is 5.40. The molecule has 5 nitrogen and oxygen atoms in total. The van der Waals surface area contributed by atoms with Crippen LogP contribution in [0.25, 0.3) is 0 Å². The van der Waals surface area contributed by atoms with E-state index in [1.807, 2.05) is 0 Å². The maximum atomic E-state index is 12.1. The monoisotopic (exact) mass is 263 g/mol. The van der Waals surface area contributed by atoms with Crippen molar-refractivity contribution in [2.24, 2.45) is 0 Å². The molecule has 0 unspecified atom stereocenters. The van der Waals surface area contributed by atoms with Gasteiger partial charge in [-0.3, -0.25) is 9.78 Å². The van der Waals surface area contributed by atoms with E-state index in [0.717, 1.165) is 12.8 Å². The van der Waals surface area contributed by atoms with Crippen molar-refractivity contribution in [3.63, 3.8) is 0 Å². The van der Waals surface area contributed by atoms with Gasteiger partial charge in [-0.05, 0) is 33.0 Å². The van der Waals surface area contributed by atoms with Gasteiger partial charge in [0.25, 0.3) is 5.91 Å². The van der Waals surface area contributed by atoms with E-state index in [1.54, 1.807) is 0 Å². The number of nitrogens with one attached hydrogen (secondary N) is 1. The molecule has 0 saturated heterocycles. The predicted molar refractivity (Wildman–Crippen MR) is 73.1 cm³/mol. The minimum Gasteiger partial charge on any atom is -0.505 e. The molecule has 19 heavy (non-hydrogen) atoms. The summed E-state index contributed by atoms with van der Waals surface area (Å²) in [6, 6.07) is 1.53. The fourth-order valence-electron chi connectivity index (χ4n) is 2.73. The summed E-state index contributed by atoms with van der Waals surface area (Å²) >= 11 is 0. The molecular weight excluding hydrogens is 242 g/mol. The Morgan fingerprint density at radius 3 is 2.74 bits per heavy atom. The number of aromatic hydroxyl groups is 1. The Balaban J connectivity index is 2.02. The van der Waals surface area contributed by atoms with Crippen molar-refractivity contribution in [2.45, 2.75) is 31.2 Å². The molecule has 1 amide bonds. The summed E-state index contributed by atoms with van der Waals surface area (Å²) in [5.74, 6) is -0.321. The largest absolute Gasteiger partial charge is 0.505 e. The fraction of sp³-hybridized carbons (Fsp3) is 0.571. The Bertz CT molecular complexity index is 454. The molecule has 1 aliphatic carbocycles. The maximum Gasteiger partial charge on any atom is 0.255 e. The van der Waals surface area contributed by atoms with Gasteiger partial charge in [-0.15, -0.1) is 0 Å². The van der Waals surface area contributed by atoms with E-state index in [4.69, 9.17) is 0 Å². The van der Waals surface area contributed by atoms with Gasteiger partial charge in [0.1, 0.15) is 5.75 Å². The van der Waals surface area contributed by atoms with Gasteiger partial charge in [0, 0.05) is 18.3 Å². The molecule has 2 N–H and O–H groups in total. The summed E-state index contributed by atoms with van der Waals surface area (Å²) in [7, 11) is 4.11. The summed E-state index contributed by atoms with van der Waals surface area (Å²) < 4.78 is 0. The third-order valence-corrected chi connectivity index (χ3v) is 4.11. The topological polar surface area (TPSA) is 65.5 Å². The van der Waals surface area contributed by atoms with Crippen LogP contribution in [0.1, 0.15) is 36.0 Å². The molecule has 1 aromatic heterocycles. The van der Waals surface area contributed by atoms with Crippen LogP contribution < -0.4 is 5.32 Å². The number of amides is 1. The molecule has 0 bridgehead atoms. The molecule has 0 aliphatic heterocycles. The highest BCUT2D eigenvalue weighted by atomic mass is 16.3. The van der Waals surface area contributed by atoms with Gasteiger partial charge in [-0.25, -0.2) is 0 Å². The van der Waals surface area contributed by atoms with Crippen molar-refractivity contribution < 1.29 is 9.90 Å². The SMILES string of the molecule is CN(C)C1(CNC(=O)c2ccncc2O)CCCC1. The maximum absolute atomic E-state index is 12.1. The lowest BCUT2D eigenvalue weighted by Crippen LogP contribution is -2.50. The molecule has 1 aliphatic rings. The van der Waals surface area contributed by atoms with E-state index >= 15 is 0 Å². The molecule has 0 atom stereocenters. The third-order valence-electron chi connectivity index (χ3n) is 4.11. The summed E-state index contributed by atoms with van der Waals surface area (Å²) in [6.07, 6.45) is 7.40. The number of carbonyl (C=O) groups excluding carboxylic acids is 1. The van der Waals surface area contributed by atoms with Crippen LogP contribution in [0.5, 0.6) is 5.75 Å². The zero-order valence-electron chi connectivity index (χ0n) is 11.5. The molecule has 1 aromatic rings. The number of carbonyl (C=O) groups is 1. The summed E-state index contributed by atoms with van der Waals surface area (Å²) in [6.45, 7) is 0.612.